The fraction of sp³-hybridized carbons (Fsp3) is 0.923. The molecule has 37 heavy (non-hydrogen) atoms. The molecule has 11 nitrogen and oxygen atoms in total. The molecule has 6 fully saturated rings. The van der Waals surface area contributed by atoms with Crippen LogP contribution >= 0.6 is 0 Å². The first-order chi connectivity index (χ1) is 17.2. The zero-order chi connectivity index (χ0) is 26.4. The predicted molar refractivity (Wildman–Crippen MR) is 125 cm³/mol. The summed E-state index contributed by atoms with van der Waals surface area (Å²) in [5.74, 6) is -2.99. The van der Waals surface area contributed by atoms with E-state index in [9.17, 15) is 0 Å². The van der Waals surface area contributed by atoms with E-state index in [0.29, 0.717) is 13.2 Å². The van der Waals surface area contributed by atoms with E-state index in [-0.39, 0.29) is 48.8 Å². The number of fused-ring (bicyclic) bond motifs is 6. The van der Waals surface area contributed by atoms with Gasteiger partial charge in [0.2, 0.25) is 0 Å². The Bertz CT molecular complexity index is 901. The smallest absolute Gasteiger partial charge is 0.190 e. The molecule has 6 heterocycles. The maximum atomic E-state index is 6.21. The molecule has 0 aromatic rings. The van der Waals surface area contributed by atoms with Gasteiger partial charge in [-0.1, -0.05) is 12.2 Å². The summed E-state index contributed by atoms with van der Waals surface area (Å²) in [5.41, 5.74) is 0. The summed E-state index contributed by atoms with van der Waals surface area (Å²) < 4.78 is 67.1. The number of rotatable bonds is 5. The van der Waals surface area contributed by atoms with Gasteiger partial charge in [0.05, 0.1) is 13.2 Å². The highest BCUT2D eigenvalue weighted by Crippen LogP contribution is 2.45. The SMILES string of the molecule is CC1(C)O[C@H]2[C@@H](O1)[C@@H](/C=C/COC[C@H]1O[C@@H]3OC(C)(C)O[C@@H]3[C@H]3OC(C)(C)O[C@H]31)O[C@@H]1OC(C)(C)O[C@@H]12. The van der Waals surface area contributed by atoms with Gasteiger partial charge in [-0.25, -0.2) is 0 Å². The van der Waals surface area contributed by atoms with Gasteiger partial charge in [0, 0.05) is 0 Å². The van der Waals surface area contributed by atoms with E-state index in [1.54, 1.807) is 0 Å². The van der Waals surface area contributed by atoms with Crippen molar-refractivity contribution in [3.63, 3.8) is 0 Å². The van der Waals surface area contributed by atoms with E-state index < -0.39 is 35.7 Å². The summed E-state index contributed by atoms with van der Waals surface area (Å²) in [6, 6.07) is 0. The molecule has 210 valence electrons. The van der Waals surface area contributed by atoms with Crippen LogP contribution in [0.15, 0.2) is 12.2 Å². The van der Waals surface area contributed by atoms with Gasteiger partial charge in [-0.3, -0.25) is 0 Å². The summed E-state index contributed by atoms with van der Waals surface area (Å²) in [6.45, 7) is 15.7. The second kappa shape index (κ2) is 8.90. The monoisotopic (exact) mass is 528 g/mol. The van der Waals surface area contributed by atoms with Gasteiger partial charge in [-0.2, -0.15) is 0 Å². The normalized spacial score (nSPS) is 48.5. The molecule has 6 rings (SSSR count). The number of ether oxygens (including phenoxy) is 11. The Labute approximate surface area is 217 Å². The van der Waals surface area contributed by atoms with Crippen molar-refractivity contribution in [3.05, 3.63) is 12.2 Å². The highest BCUT2D eigenvalue weighted by Gasteiger charge is 2.61. The van der Waals surface area contributed by atoms with Crippen LogP contribution in [0.25, 0.3) is 0 Å². The molecule has 6 saturated heterocycles. The highest BCUT2D eigenvalue weighted by molar-refractivity contribution is 5.07. The van der Waals surface area contributed by atoms with E-state index in [2.05, 4.69) is 0 Å². The van der Waals surface area contributed by atoms with Crippen LogP contribution in [-0.4, -0.2) is 97.8 Å². The molecule has 0 spiro atoms. The Morgan fingerprint density at radius 2 is 1.00 bits per heavy atom. The number of hydrogen-bond donors (Lipinski definition) is 0. The molecule has 0 saturated carbocycles. The van der Waals surface area contributed by atoms with Gasteiger partial charge < -0.3 is 52.1 Å². The van der Waals surface area contributed by atoms with Gasteiger partial charge in [0.25, 0.3) is 0 Å². The largest absolute Gasteiger partial charge is 0.375 e. The maximum Gasteiger partial charge on any atom is 0.190 e. The summed E-state index contributed by atoms with van der Waals surface area (Å²) in [6.07, 6.45) is 0.0630. The summed E-state index contributed by atoms with van der Waals surface area (Å²) >= 11 is 0. The fourth-order valence-electron chi connectivity index (χ4n) is 6.07. The minimum absolute atomic E-state index is 0.299. The highest BCUT2D eigenvalue weighted by atomic mass is 16.9. The van der Waals surface area contributed by atoms with Crippen LogP contribution in [0.1, 0.15) is 55.4 Å². The zero-order valence-corrected chi connectivity index (χ0v) is 22.8. The minimum atomic E-state index is -0.755. The third kappa shape index (κ3) is 5.14. The number of hydrogen-bond acceptors (Lipinski definition) is 11. The van der Waals surface area contributed by atoms with Gasteiger partial charge >= 0.3 is 0 Å². The molecular weight excluding hydrogens is 488 g/mol. The summed E-state index contributed by atoms with van der Waals surface area (Å²) in [4.78, 5) is 0. The molecule has 0 aromatic carbocycles. The van der Waals surface area contributed by atoms with E-state index in [4.69, 9.17) is 52.1 Å². The Morgan fingerprint density at radius 1 is 0.541 bits per heavy atom. The second-order valence-electron chi connectivity index (χ2n) is 12.3. The van der Waals surface area contributed by atoms with Crippen LogP contribution in [-0.2, 0) is 52.1 Å². The molecule has 0 N–H and O–H groups in total. The maximum absolute atomic E-state index is 6.21. The van der Waals surface area contributed by atoms with Gasteiger partial charge in [-0.05, 0) is 55.4 Å². The van der Waals surface area contributed by atoms with E-state index >= 15 is 0 Å². The second-order valence-corrected chi connectivity index (χ2v) is 12.3. The Hall–Kier alpha value is -0.700. The fourth-order valence-corrected chi connectivity index (χ4v) is 6.07. The summed E-state index contributed by atoms with van der Waals surface area (Å²) in [5, 5.41) is 0. The lowest BCUT2D eigenvalue weighted by molar-refractivity contribution is -0.242. The molecule has 0 bridgehead atoms. The molecule has 0 amide bonds. The molecule has 10 atom stereocenters. The van der Waals surface area contributed by atoms with Crippen molar-refractivity contribution in [2.75, 3.05) is 13.2 Å². The van der Waals surface area contributed by atoms with Crippen LogP contribution in [0.5, 0.6) is 0 Å². The molecule has 0 aromatic heterocycles. The van der Waals surface area contributed by atoms with Gasteiger partial charge in [0.15, 0.2) is 35.7 Å². The zero-order valence-electron chi connectivity index (χ0n) is 22.8. The molecular formula is C26H40O11. The Kier molecular flexibility index (Phi) is 6.38. The first-order valence-electron chi connectivity index (χ1n) is 13.2. The molecule has 0 radical (unpaired) electrons. The Balaban J connectivity index is 1.07. The molecule has 6 aliphatic heterocycles. The molecule has 0 unspecified atom stereocenters. The van der Waals surface area contributed by atoms with Gasteiger partial charge in [0.1, 0.15) is 48.8 Å². The standard InChI is InChI=1S/C26H40O11/c1-23(2)30-15-13(28-21-19(17(15)32-23)34-25(5,6)36-21)10-9-11-27-12-14-16-18(33-24(3,4)31-16)20-22(29-14)37-26(7,8)35-20/h9-10,13-22H,11-12H2,1-8H3/b10-9+/t13-,14-,15+,16+,17+,18+,19-,20-,21-,22-/m1/s1. The lowest BCUT2D eigenvalue weighted by Gasteiger charge is -2.37. The van der Waals surface area contributed by atoms with Crippen molar-refractivity contribution >= 4 is 0 Å². The molecule has 0 aliphatic carbocycles. The van der Waals surface area contributed by atoms with Crippen LogP contribution in [0.2, 0.25) is 0 Å². The van der Waals surface area contributed by atoms with E-state index in [1.807, 2.05) is 67.5 Å². The first kappa shape index (κ1) is 26.5. The predicted octanol–water partition coefficient (Wildman–Crippen LogP) is 2.35. The van der Waals surface area contributed by atoms with Gasteiger partial charge in [-0.15, -0.1) is 0 Å². The van der Waals surface area contributed by atoms with Crippen molar-refractivity contribution in [1.29, 1.82) is 0 Å². The quantitative estimate of drug-likeness (QED) is 0.388. The van der Waals surface area contributed by atoms with Crippen molar-refractivity contribution < 1.29 is 52.1 Å². The lowest BCUT2D eigenvalue weighted by Crippen LogP contribution is -2.56. The van der Waals surface area contributed by atoms with Crippen LogP contribution in [0, 0.1) is 0 Å². The molecule has 11 heteroatoms. The average molecular weight is 529 g/mol. The topological polar surface area (TPSA) is 102 Å². The van der Waals surface area contributed by atoms with E-state index in [0.717, 1.165) is 0 Å². The summed E-state index contributed by atoms with van der Waals surface area (Å²) in [7, 11) is 0. The third-order valence-electron chi connectivity index (χ3n) is 7.26. The average Bonchev–Trinajstić information content (AvgIpc) is 3.45. The lowest BCUT2D eigenvalue weighted by atomic mass is 9.98. The van der Waals surface area contributed by atoms with Crippen molar-refractivity contribution in [2.24, 2.45) is 0 Å². The molecule has 6 aliphatic rings. The van der Waals surface area contributed by atoms with Crippen LogP contribution in [0.4, 0.5) is 0 Å². The van der Waals surface area contributed by atoms with E-state index in [1.165, 1.54) is 0 Å². The Morgan fingerprint density at radius 3 is 1.62 bits per heavy atom. The third-order valence-corrected chi connectivity index (χ3v) is 7.26. The van der Waals surface area contributed by atoms with Crippen LogP contribution < -0.4 is 0 Å². The van der Waals surface area contributed by atoms with Crippen LogP contribution in [0.3, 0.4) is 0 Å². The first-order valence-corrected chi connectivity index (χ1v) is 13.2. The minimum Gasteiger partial charge on any atom is -0.375 e. The van der Waals surface area contributed by atoms with Crippen molar-refractivity contribution in [2.45, 2.75) is 140 Å². The van der Waals surface area contributed by atoms with Crippen molar-refractivity contribution in [3.8, 4) is 0 Å². The van der Waals surface area contributed by atoms with Crippen molar-refractivity contribution in [1.82, 2.24) is 0 Å².